The fraction of sp³-hybridized carbons (Fsp3) is 0.857. The van der Waals surface area contributed by atoms with E-state index in [9.17, 15) is 14.7 Å². The molecule has 2 amide bonds. The van der Waals surface area contributed by atoms with Crippen LogP contribution >= 0.6 is 11.8 Å². The number of likely N-dealkylation sites (tertiary alicyclic amines) is 1. The molecule has 0 radical (unpaired) electrons. The molecule has 1 fully saturated rings. The molecule has 1 saturated heterocycles. The highest BCUT2D eigenvalue weighted by atomic mass is 32.2. The van der Waals surface area contributed by atoms with E-state index in [4.69, 9.17) is 0 Å². The van der Waals surface area contributed by atoms with Gasteiger partial charge in [0.25, 0.3) is 0 Å². The summed E-state index contributed by atoms with van der Waals surface area (Å²) in [4.78, 5) is 25.2. The van der Waals surface area contributed by atoms with Crippen molar-refractivity contribution in [2.45, 2.75) is 51.0 Å². The monoisotopic (exact) mass is 302 g/mol. The Balaban J connectivity index is 2.40. The van der Waals surface area contributed by atoms with Crippen molar-refractivity contribution in [3.8, 4) is 0 Å². The van der Waals surface area contributed by atoms with E-state index >= 15 is 0 Å². The first-order chi connectivity index (χ1) is 9.58. The Bertz CT molecular complexity index is 338. The number of carbonyl (C=O) groups excluding carboxylic acids is 1. The van der Waals surface area contributed by atoms with Gasteiger partial charge in [-0.1, -0.05) is 13.3 Å². The standard InChI is InChI=1S/C14H26N2O3S/c1-3-14(12(17)18)8-7-10-16(14)13(19)15-9-5-4-6-11-20-2/h3-11H2,1-2H3,(H,15,19)(H,17,18). The van der Waals surface area contributed by atoms with Crippen molar-refractivity contribution in [1.82, 2.24) is 10.2 Å². The molecule has 2 N–H and O–H groups in total. The maximum Gasteiger partial charge on any atom is 0.329 e. The average molecular weight is 302 g/mol. The highest BCUT2D eigenvalue weighted by molar-refractivity contribution is 7.98. The van der Waals surface area contributed by atoms with Gasteiger partial charge in [-0.2, -0.15) is 11.8 Å². The minimum absolute atomic E-state index is 0.225. The lowest BCUT2D eigenvalue weighted by molar-refractivity contribution is -0.148. The predicted octanol–water partition coefficient (Wildman–Crippen LogP) is 2.56. The molecule has 5 nitrogen and oxygen atoms in total. The minimum Gasteiger partial charge on any atom is -0.479 e. The van der Waals surface area contributed by atoms with E-state index in [0.29, 0.717) is 25.9 Å². The number of urea groups is 1. The summed E-state index contributed by atoms with van der Waals surface area (Å²) in [5.74, 6) is 0.269. The van der Waals surface area contributed by atoms with Crippen molar-refractivity contribution in [2.75, 3.05) is 25.1 Å². The van der Waals surface area contributed by atoms with E-state index in [0.717, 1.165) is 31.4 Å². The quantitative estimate of drug-likeness (QED) is 0.676. The van der Waals surface area contributed by atoms with Gasteiger partial charge in [-0.3, -0.25) is 0 Å². The summed E-state index contributed by atoms with van der Waals surface area (Å²) in [6, 6.07) is -0.225. The van der Waals surface area contributed by atoms with Gasteiger partial charge in [-0.05, 0) is 44.1 Å². The van der Waals surface area contributed by atoms with Crippen LogP contribution in [0.1, 0.15) is 45.4 Å². The van der Waals surface area contributed by atoms with E-state index in [1.165, 1.54) is 4.90 Å². The number of carboxylic acid groups (broad SMARTS) is 1. The van der Waals surface area contributed by atoms with Crippen LogP contribution in [0.2, 0.25) is 0 Å². The van der Waals surface area contributed by atoms with E-state index in [2.05, 4.69) is 11.6 Å². The number of hydrogen-bond donors (Lipinski definition) is 2. The Labute approximate surface area is 125 Å². The van der Waals surface area contributed by atoms with Gasteiger partial charge in [0.05, 0.1) is 0 Å². The Hall–Kier alpha value is -0.910. The van der Waals surface area contributed by atoms with Crippen LogP contribution in [0.3, 0.4) is 0 Å². The summed E-state index contributed by atoms with van der Waals surface area (Å²) in [7, 11) is 0. The average Bonchev–Trinajstić information content (AvgIpc) is 2.87. The van der Waals surface area contributed by atoms with Gasteiger partial charge in [0.2, 0.25) is 0 Å². The number of hydrogen-bond acceptors (Lipinski definition) is 3. The van der Waals surface area contributed by atoms with Gasteiger partial charge in [-0.15, -0.1) is 0 Å². The molecule has 0 saturated carbocycles. The number of aliphatic carboxylic acids is 1. The lowest BCUT2D eigenvalue weighted by Gasteiger charge is -2.33. The lowest BCUT2D eigenvalue weighted by Crippen LogP contribution is -2.55. The second-order valence-electron chi connectivity index (χ2n) is 5.23. The van der Waals surface area contributed by atoms with Crippen LogP contribution in [0.5, 0.6) is 0 Å². The molecular weight excluding hydrogens is 276 g/mol. The number of amides is 2. The maximum absolute atomic E-state index is 12.2. The number of carboxylic acids is 1. The Morgan fingerprint density at radius 3 is 2.70 bits per heavy atom. The second-order valence-corrected chi connectivity index (χ2v) is 6.22. The number of nitrogens with one attached hydrogen (secondary N) is 1. The van der Waals surface area contributed by atoms with Gasteiger partial charge in [-0.25, -0.2) is 9.59 Å². The number of carbonyl (C=O) groups is 2. The zero-order valence-corrected chi connectivity index (χ0v) is 13.3. The Morgan fingerprint density at radius 2 is 2.10 bits per heavy atom. The summed E-state index contributed by atoms with van der Waals surface area (Å²) >= 11 is 1.83. The van der Waals surface area contributed by atoms with Crippen molar-refractivity contribution in [2.24, 2.45) is 0 Å². The van der Waals surface area contributed by atoms with E-state index < -0.39 is 11.5 Å². The summed E-state index contributed by atoms with van der Waals surface area (Å²) < 4.78 is 0. The van der Waals surface area contributed by atoms with Gasteiger partial charge in [0.1, 0.15) is 5.54 Å². The van der Waals surface area contributed by atoms with Crippen LogP contribution in [0.25, 0.3) is 0 Å². The van der Waals surface area contributed by atoms with Crippen LogP contribution in [-0.2, 0) is 4.79 Å². The molecule has 1 rings (SSSR count). The molecule has 116 valence electrons. The van der Waals surface area contributed by atoms with Crippen LogP contribution in [0.15, 0.2) is 0 Å². The largest absolute Gasteiger partial charge is 0.479 e. The first-order valence-corrected chi connectivity index (χ1v) is 8.75. The first-order valence-electron chi connectivity index (χ1n) is 7.36. The molecular formula is C14H26N2O3S. The van der Waals surface area contributed by atoms with E-state index in [1.807, 2.05) is 18.7 Å². The van der Waals surface area contributed by atoms with Crippen molar-refractivity contribution >= 4 is 23.8 Å². The fourth-order valence-electron chi connectivity index (χ4n) is 2.75. The molecule has 0 aromatic carbocycles. The van der Waals surface area contributed by atoms with E-state index in [1.54, 1.807) is 0 Å². The van der Waals surface area contributed by atoms with Gasteiger partial charge >= 0.3 is 12.0 Å². The summed E-state index contributed by atoms with van der Waals surface area (Å²) in [6.07, 6.45) is 7.08. The molecule has 20 heavy (non-hydrogen) atoms. The molecule has 0 spiro atoms. The van der Waals surface area contributed by atoms with Gasteiger partial charge < -0.3 is 15.3 Å². The third-order valence-corrected chi connectivity index (χ3v) is 4.72. The highest BCUT2D eigenvalue weighted by Crippen LogP contribution is 2.32. The molecule has 1 unspecified atom stereocenters. The molecule has 1 aliphatic heterocycles. The fourth-order valence-corrected chi connectivity index (χ4v) is 3.25. The third-order valence-electron chi connectivity index (χ3n) is 4.02. The SMILES string of the molecule is CCC1(C(=O)O)CCCN1C(=O)NCCCCCSC. The zero-order chi connectivity index (χ0) is 15.0. The number of unbranched alkanes of at least 4 members (excludes halogenated alkanes) is 2. The second kappa shape index (κ2) is 8.39. The van der Waals surface area contributed by atoms with Crippen molar-refractivity contribution < 1.29 is 14.7 Å². The van der Waals surface area contributed by atoms with Crippen LogP contribution < -0.4 is 5.32 Å². The predicted molar refractivity (Wildman–Crippen MR) is 82.2 cm³/mol. The van der Waals surface area contributed by atoms with Crippen molar-refractivity contribution in [3.63, 3.8) is 0 Å². The smallest absolute Gasteiger partial charge is 0.329 e. The topological polar surface area (TPSA) is 69.6 Å². The molecule has 1 heterocycles. The summed E-state index contributed by atoms with van der Waals surface area (Å²) in [5, 5.41) is 12.3. The minimum atomic E-state index is -0.997. The first kappa shape index (κ1) is 17.1. The third kappa shape index (κ3) is 4.04. The molecule has 6 heteroatoms. The Morgan fingerprint density at radius 1 is 1.35 bits per heavy atom. The summed E-state index contributed by atoms with van der Waals surface area (Å²) in [6.45, 7) is 3.00. The maximum atomic E-state index is 12.2. The number of rotatable bonds is 8. The molecule has 1 atom stereocenters. The van der Waals surface area contributed by atoms with E-state index in [-0.39, 0.29) is 6.03 Å². The van der Waals surface area contributed by atoms with Crippen LogP contribution in [0, 0.1) is 0 Å². The molecule has 0 aromatic rings. The van der Waals surface area contributed by atoms with Crippen LogP contribution in [-0.4, -0.2) is 52.6 Å². The van der Waals surface area contributed by atoms with Crippen molar-refractivity contribution in [3.05, 3.63) is 0 Å². The van der Waals surface area contributed by atoms with Crippen LogP contribution in [0.4, 0.5) is 4.79 Å². The normalized spacial score (nSPS) is 22.0. The lowest BCUT2D eigenvalue weighted by atomic mass is 9.93. The van der Waals surface area contributed by atoms with Gasteiger partial charge in [0.15, 0.2) is 0 Å². The molecule has 0 aliphatic carbocycles. The molecule has 1 aliphatic rings. The highest BCUT2D eigenvalue weighted by Gasteiger charge is 2.48. The van der Waals surface area contributed by atoms with Crippen molar-refractivity contribution in [1.29, 1.82) is 0 Å². The molecule has 0 aromatic heterocycles. The zero-order valence-electron chi connectivity index (χ0n) is 12.5. The number of thioether (sulfide) groups is 1. The summed E-state index contributed by atoms with van der Waals surface area (Å²) in [5.41, 5.74) is -0.997. The number of nitrogens with zero attached hydrogens (tertiary/aromatic N) is 1. The molecule has 0 bridgehead atoms. The Kier molecular flexibility index (Phi) is 7.19. The van der Waals surface area contributed by atoms with Gasteiger partial charge in [0, 0.05) is 13.1 Å².